The number of hydrogen-bond acceptors (Lipinski definition) is 3. The van der Waals surface area contributed by atoms with E-state index >= 15 is 0 Å². The fourth-order valence-electron chi connectivity index (χ4n) is 1.73. The first-order chi connectivity index (χ1) is 8.16. The van der Waals surface area contributed by atoms with Gasteiger partial charge in [0.15, 0.2) is 0 Å². The second-order valence-electron chi connectivity index (χ2n) is 4.35. The predicted octanol–water partition coefficient (Wildman–Crippen LogP) is 2.54. The Hall–Kier alpha value is -1.58. The highest BCUT2D eigenvalue weighted by Gasteiger charge is 2.13. The smallest absolute Gasteiger partial charge is 0.134 e. The minimum Gasteiger partial charge on any atom is -0.458 e. The number of aliphatic hydroxyl groups is 1. The van der Waals surface area contributed by atoms with Crippen LogP contribution in [0.15, 0.2) is 46.9 Å². The molecule has 0 saturated heterocycles. The van der Waals surface area contributed by atoms with Crippen molar-refractivity contribution < 1.29 is 9.52 Å². The molecule has 1 aromatic carbocycles. The van der Waals surface area contributed by atoms with Gasteiger partial charge in [-0.25, -0.2) is 0 Å². The van der Waals surface area contributed by atoms with Crippen LogP contribution in [0.3, 0.4) is 0 Å². The first-order valence-electron chi connectivity index (χ1n) is 5.65. The molecule has 3 nitrogen and oxygen atoms in total. The Morgan fingerprint density at radius 2 is 1.82 bits per heavy atom. The fourth-order valence-corrected chi connectivity index (χ4v) is 1.73. The molecule has 0 saturated carbocycles. The molecule has 2 rings (SSSR count). The van der Waals surface area contributed by atoms with E-state index in [1.165, 1.54) is 0 Å². The number of nitrogens with zero attached hydrogens (tertiary/aromatic N) is 1. The fraction of sp³-hybridized carbons (Fsp3) is 0.286. The highest BCUT2D eigenvalue weighted by molar-refractivity contribution is 5.57. The quantitative estimate of drug-likeness (QED) is 0.878. The molecule has 17 heavy (non-hydrogen) atoms. The third kappa shape index (κ3) is 2.96. The van der Waals surface area contributed by atoms with Crippen LogP contribution in [-0.2, 0) is 0 Å². The molecule has 0 radical (unpaired) electrons. The maximum Gasteiger partial charge on any atom is 0.134 e. The van der Waals surface area contributed by atoms with Crippen molar-refractivity contribution in [3.8, 4) is 11.3 Å². The van der Waals surface area contributed by atoms with Crippen LogP contribution in [0.5, 0.6) is 0 Å². The summed E-state index contributed by atoms with van der Waals surface area (Å²) in [6, 6.07) is 13.6. The maximum atomic E-state index is 9.92. The number of furan rings is 1. The highest BCUT2D eigenvalue weighted by atomic mass is 16.4. The molecular weight excluding hydrogens is 214 g/mol. The molecule has 0 aliphatic heterocycles. The number of likely N-dealkylation sites (N-methyl/N-ethyl adjacent to an activating group) is 1. The maximum absolute atomic E-state index is 9.92. The standard InChI is InChI=1S/C14H17NO2/c1-15(2)10-12(16)14-9-8-13(17-14)11-6-4-3-5-7-11/h3-9,12,16H,10H2,1-2H3. The average molecular weight is 231 g/mol. The van der Waals surface area contributed by atoms with Gasteiger partial charge < -0.3 is 14.4 Å². The number of aliphatic hydroxyl groups excluding tert-OH is 1. The Balaban J connectivity index is 2.16. The molecule has 1 aromatic heterocycles. The summed E-state index contributed by atoms with van der Waals surface area (Å²) in [4.78, 5) is 1.93. The molecular formula is C14H17NO2. The van der Waals surface area contributed by atoms with E-state index in [0.717, 1.165) is 11.3 Å². The molecule has 0 aliphatic rings. The van der Waals surface area contributed by atoms with Crippen molar-refractivity contribution >= 4 is 0 Å². The van der Waals surface area contributed by atoms with Gasteiger partial charge in [0.1, 0.15) is 17.6 Å². The summed E-state index contributed by atoms with van der Waals surface area (Å²) in [5.74, 6) is 1.40. The molecule has 0 fully saturated rings. The second-order valence-corrected chi connectivity index (χ2v) is 4.35. The zero-order chi connectivity index (χ0) is 12.3. The van der Waals surface area contributed by atoms with Crippen LogP contribution in [-0.4, -0.2) is 30.6 Å². The molecule has 0 spiro atoms. The Bertz CT molecular complexity index is 462. The molecule has 2 aromatic rings. The zero-order valence-electron chi connectivity index (χ0n) is 10.1. The van der Waals surface area contributed by atoms with E-state index in [9.17, 15) is 5.11 Å². The third-order valence-electron chi connectivity index (χ3n) is 2.55. The predicted molar refractivity (Wildman–Crippen MR) is 67.7 cm³/mol. The van der Waals surface area contributed by atoms with Gasteiger partial charge in [-0.1, -0.05) is 30.3 Å². The summed E-state index contributed by atoms with van der Waals surface area (Å²) >= 11 is 0. The van der Waals surface area contributed by atoms with Gasteiger partial charge in [0.2, 0.25) is 0 Å². The lowest BCUT2D eigenvalue weighted by molar-refractivity contribution is 0.116. The van der Waals surface area contributed by atoms with Crippen molar-refractivity contribution in [3.05, 3.63) is 48.2 Å². The highest BCUT2D eigenvalue weighted by Crippen LogP contribution is 2.25. The summed E-state index contributed by atoms with van der Waals surface area (Å²) in [6.45, 7) is 0.557. The first-order valence-corrected chi connectivity index (χ1v) is 5.65. The summed E-state index contributed by atoms with van der Waals surface area (Å²) in [7, 11) is 3.84. The lowest BCUT2D eigenvalue weighted by atomic mass is 10.2. The number of rotatable bonds is 4. The Labute approximate surface area is 101 Å². The van der Waals surface area contributed by atoms with Crippen LogP contribution >= 0.6 is 0 Å². The van der Waals surface area contributed by atoms with Crippen LogP contribution < -0.4 is 0 Å². The van der Waals surface area contributed by atoms with Crippen molar-refractivity contribution in [2.45, 2.75) is 6.10 Å². The Morgan fingerprint density at radius 3 is 2.47 bits per heavy atom. The molecule has 1 N–H and O–H groups in total. The molecule has 90 valence electrons. The Kier molecular flexibility index (Phi) is 3.61. The summed E-state index contributed by atoms with van der Waals surface area (Å²) in [5, 5.41) is 9.92. The van der Waals surface area contributed by atoms with Gasteiger partial charge >= 0.3 is 0 Å². The van der Waals surface area contributed by atoms with Crippen molar-refractivity contribution in [2.24, 2.45) is 0 Å². The normalized spacial score (nSPS) is 12.9. The molecule has 0 bridgehead atoms. The topological polar surface area (TPSA) is 36.6 Å². The van der Waals surface area contributed by atoms with E-state index in [4.69, 9.17) is 4.42 Å². The van der Waals surface area contributed by atoms with Gasteiger partial charge in [-0.3, -0.25) is 0 Å². The lowest BCUT2D eigenvalue weighted by Gasteiger charge is -2.13. The molecule has 3 heteroatoms. The van der Waals surface area contributed by atoms with Crippen molar-refractivity contribution in [1.82, 2.24) is 4.90 Å². The monoisotopic (exact) mass is 231 g/mol. The molecule has 1 unspecified atom stereocenters. The summed E-state index contributed by atoms with van der Waals surface area (Å²) in [6.07, 6.45) is -0.581. The van der Waals surface area contributed by atoms with Gasteiger partial charge in [-0.05, 0) is 26.2 Å². The van der Waals surface area contributed by atoms with Crippen LogP contribution in [0.25, 0.3) is 11.3 Å². The van der Waals surface area contributed by atoms with Crippen LogP contribution in [0.2, 0.25) is 0 Å². The largest absolute Gasteiger partial charge is 0.458 e. The molecule has 1 atom stereocenters. The van der Waals surface area contributed by atoms with Gasteiger partial charge in [0, 0.05) is 12.1 Å². The third-order valence-corrected chi connectivity index (χ3v) is 2.55. The van der Waals surface area contributed by atoms with E-state index in [1.807, 2.05) is 61.5 Å². The number of hydrogen-bond donors (Lipinski definition) is 1. The van der Waals surface area contributed by atoms with Gasteiger partial charge in [-0.15, -0.1) is 0 Å². The minimum absolute atomic E-state index is 0.557. The first kappa shape index (κ1) is 11.9. The van der Waals surface area contributed by atoms with Gasteiger partial charge in [-0.2, -0.15) is 0 Å². The van der Waals surface area contributed by atoms with Gasteiger partial charge in [0.25, 0.3) is 0 Å². The van der Waals surface area contributed by atoms with E-state index in [2.05, 4.69) is 0 Å². The van der Waals surface area contributed by atoms with E-state index in [-0.39, 0.29) is 0 Å². The van der Waals surface area contributed by atoms with Crippen LogP contribution in [0.4, 0.5) is 0 Å². The Morgan fingerprint density at radius 1 is 1.12 bits per heavy atom. The zero-order valence-corrected chi connectivity index (χ0v) is 10.1. The summed E-state index contributed by atoms with van der Waals surface area (Å²) in [5.41, 5.74) is 1.02. The molecule has 1 heterocycles. The van der Waals surface area contributed by atoms with Crippen molar-refractivity contribution in [3.63, 3.8) is 0 Å². The van der Waals surface area contributed by atoms with Crippen molar-refractivity contribution in [2.75, 3.05) is 20.6 Å². The number of benzene rings is 1. The molecule has 0 aliphatic carbocycles. The SMILES string of the molecule is CN(C)CC(O)c1ccc(-c2ccccc2)o1. The van der Waals surface area contributed by atoms with E-state index in [0.29, 0.717) is 12.3 Å². The van der Waals surface area contributed by atoms with E-state index < -0.39 is 6.10 Å². The second kappa shape index (κ2) is 5.17. The van der Waals surface area contributed by atoms with Crippen molar-refractivity contribution in [1.29, 1.82) is 0 Å². The minimum atomic E-state index is -0.581. The lowest BCUT2D eigenvalue weighted by Crippen LogP contribution is -2.19. The molecule has 0 amide bonds. The van der Waals surface area contributed by atoms with Crippen LogP contribution in [0.1, 0.15) is 11.9 Å². The van der Waals surface area contributed by atoms with Crippen LogP contribution in [0, 0.1) is 0 Å². The summed E-state index contributed by atoms with van der Waals surface area (Å²) < 4.78 is 5.66. The average Bonchev–Trinajstić information content (AvgIpc) is 2.78. The van der Waals surface area contributed by atoms with E-state index in [1.54, 1.807) is 0 Å². The van der Waals surface area contributed by atoms with Gasteiger partial charge in [0.05, 0.1) is 0 Å².